The Morgan fingerprint density at radius 2 is 2.17 bits per heavy atom. The van der Waals surface area contributed by atoms with Gasteiger partial charge in [-0.2, -0.15) is 4.98 Å². The van der Waals surface area contributed by atoms with E-state index in [4.69, 9.17) is 10.5 Å². The van der Waals surface area contributed by atoms with Gasteiger partial charge in [-0.3, -0.25) is 4.79 Å². The minimum atomic E-state index is -0.443. The number of aromatic nitrogens is 2. The van der Waals surface area contributed by atoms with Gasteiger partial charge in [0, 0.05) is 24.5 Å². The average Bonchev–Trinajstić information content (AvgIpc) is 2.95. The SMILES string of the molecule is C[C@@H]1CCN(c2ccccc2C(N)=O)c2cc3cc[nH]c3nc2O1. The third-order valence-electron chi connectivity index (χ3n) is 4.30. The number of ether oxygens (including phenoxy) is 1. The maximum Gasteiger partial charge on any atom is 0.250 e. The van der Waals surface area contributed by atoms with E-state index in [1.165, 1.54) is 0 Å². The summed E-state index contributed by atoms with van der Waals surface area (Å²) in [4.78, 5) is 21.6. The molecule has 1 aliphatic rings. The number of amides is 1. The predicted octanol–water partition coefficient (Wildman–Crippen LogP) is 2.97. The van der Waals surface area contributed by atoms with Gasteiger partial charge in [-0.25, -0.2) is 0 Å². The van der Waals surface area contributed by atoms with E-state index in [-0.39, 0.29) is 6.10 Å². The lowest BCUT2D eigenvalue weighted by molar-refractivity contribution is 0.100. The summed E-state index contributed by atoms with van der Waals surface area (Å²) in [7, 11) is 0. The van der Waals surface area contributed by atoms with E-state index in [9.17, 15) is 4.79 Å². The zero-order valence-corrected chi connectivity index (χ0v) is 13.3. The van der Waals surface area contributed by atoms with Crippen LogP contribution in [0.3, 0.4) is 0 Å². The molecule has 1 aliphatic heterocycles. The fraction of sp³-hybridized carbons (Fsp3) is 0.222. The molecule has 0 fully saturated rings. The van der Waals surface area contributed by atoms with Crippen molar-refractivity contribution in [3.05, 3.63) is 48.2 Å². The molecule has 1 amide bonds. The Morgan fingerprint density at radius 1 is 1.33 bits per heavy atom. The molecule has 6 nitrogen and oxygen atoms in total. The molecular weight excluding hydrogens is 304 g/mol. The van der Waals surface area contributed by atoms with Crippen LogP contribution in [-0.2, 0) is 0 Å². The normalized spacial score (nSPS) is 17.2. The van der Waals surface area contributed by atoms with Crippen LogP contribution in [0.5, 0.6) is 5.88 Å². The third kappa shape index (κ3) is 2.36. The second-order valence-corrected chi connectivity index (χ2v) is 5.98. The lowest BCUT2D eigenvalue weighted by atomic mass is 10.1. The summed E-state index contributed by atoms with van der Waals surface area (Å²) in [5.41, 5.74) is 8.47. The summed E-state index contributed by atoms with van der Waals surface area (Å²) in [6, 6.07) is 11.4. The van der Waals surface area contributed by atoms with E-state index >= 15 is 0 Å². The van der Waals surface area contributed by atoms with Crippen LogP contribution in [0.15, 0.2) is 42.6 Å². The Hall–Kier alpha value is -3.02. The van der Waals surface area contributed by atoms with Crippen molar-refractivity contribution in [3.63, 3.8) is 0 Å². The monoisotopic (exact) mass is 322 g/mol. The van der Waals surface area contributed by atoms with Gasteiger partial charge in [0.1, 0.15) is 11.3 Å². The number of fused-ring (bicyclic) bond motifs is 2. The Balaban J connectivity index is 1.92. The van der Waals surface area contributed by atoms with Gasteiger partial charge >= 0.3 is 0 Å². The standard InChI is InChI=1S/C18H18N4O2/c1-11-7-9-22(14-5-3-2-4-13(14)16(19)23)15-10-12-6-8-20-17(12)21-18(15)24-11/h2-6,8,10-11H,7,9H2,1H3,(H2,19,23)(H,20,21)/t11-/m1/s1. The highest BCUT2D eigenvalue weighted by atomic mass is 16.5. The van der Waals surface area contributed by atoms with Gasteiger partial charge in [0.15, 0.2) is 0 Å². The number of nitrogens with two attached hydrogens (primary N) is 1. The molecule has 24 heavy (non-hydrogen) atoms. The van der Waals surface area contributed by atoms with Gasteiger partial charge in [-0.1, -0.05) is 12.1 Å². The predicted molar refractivity (Wildman–Crippen MR) is 92.8 cm³/mol. The van der Waals surface area contributed by atoms with Crippen molar-refractivity contribution in [2.24, 2.45) is 5.73 Å². The van der Waals surface area contributed by atoms with E-state index in [0.717, 1.165) is 35.4 Å². The number of carbonyl (C=O) groups excluding carboxylic acids is 1. The second-order valence-electron chi connectivity index (χ2n) is 5.98. The summed E-state index contributed by atoms with van der Waals surface area (Å²) in [5.74, 6) is 0.121. The third-order valence-corrected chi connectivity index (χ3v) is 4.30. The minimum Gasteiger partial charge on any atom is -0.473 e. The van der Waals surface area contributed by atoms with Crippen molar-refractivity contribution in [3.8, 4) is 5.88 Å². The van der Waals surface area contributed by atoms with Gasteiger partial charge in [0.25, 0.3) is 5.91 Å². The second kappa shape index (κ2) is 5.56. The molecule has 0 bridgehead atoms. The molecule has 3 aromatic rings. The number of para-hydroxylation sites is 1. The maximum absolute atomic E-state index is 11.8. The summed E-state index contributed by atoms with van der Waals surface area (Å²) in [6.45, 7) is 2.74. The Morgan fingerprint density at radius 3 is 3.00 bits per heavy atom. The van der Waals surface area contributed by atoms with E-state index in [1.807, 2.05) is 43.5 Å². The smallest absolute Gasteiger partial charge is 0.250 e. The van der Waals surface area contributed by atoms with Gasteiger partial charge in [0.05, 0.1) is 17.4 Å². The number of anilines is 2. The molecule has 3 heterocycles. The number of aromatic amines is 1. The van der Waals surface area contributed by atoms with E-state index < -0.39 is 5.91 Å². The highest BCUT2D eigenvalue weighted by molar-refractivity contribution is 6.00. The molecule has 0 saturated carbocycles. The van der Waals surface area contributed by atoms with Crippen LogP contribution in [0.25, 0.3) is 11.0 Å². The van der Waals surface area contributed by atoms with Crippen LogP contribution in [0.4, 0.5) is 11.4 Å². The van der Waals surface area contributed by atoms with Crippen molar-refractivity contribution in [2.75, 3.05) is 11.4 Å². The summed E-state index contributed by atoms with van der Waals surface area (Å²) in [5, 5.41) is 0.994. The summed E-state index contributed by atoms with van der Waals surface area (Å²) in [6.07, 6.45) is 2.70. The molecule has 3 N–H and O–H groups in total. The number of H-pyrrole nitrogens is 1. The first kappa shape index (κ1) is 14.6. The number of benzene rings is 1. The first-order valence-corrected chi connectivity index (χ1v) is 7.94. The number of hydrogen-bond donors (Lipinski definition) is 2. The molecule has 1 atom stereocenters. The molecule has 4 rings (SSSR count). The molecule has 0 aliphatic carbocycles. The van der Waals surface area contributed by atoms with Crippen molar-refractivity contribution in [2.45, 2.75) is 19.4 Å². The van der Waals surface area contributed by atoms with Crippen LogP contribution in [-0.4, -0.2) is 28.5 Å². The van der Waals surface area contributed by atoms with Crippen LogP contribution in [0.1, 0.15) is 23.7 Å². The first-order valence-electron chi connectivity index (χ1n) is 7.94. The van der Waals surface area contributed by atoms with Crippen molar-refractivity contribution < 1.29 is 9.53 Å². The topological polar surface area (TPSA) is 84.2 Å². The van der Waals surface area contributed by atoms with Crippen molar-refractivity contribution in [1.82, 2.24) is 9.97 Å². The van der Waals surface area contributed by atoms with E-state index in [2.05, 4.69) is 14.9 Å². The number of nitrogens with one attached hydrogen (secondary N) is 1. The van der Waals surface area contributed by atoms with Crippen molar-refractivity contribution >= 4 is 28.3 Å². The molecular formula is C18H18N4O2. The number of rotatable bonds is 2. The highest BCUT2D eigenvalue weighted by Crippen LogP contribution is 2.39. The molecule has 0 spiro atoms. The number of hydrogen-bond acceptors (Lipinski definition) is 4. The molecule has 0 unspecified atom stereocenters. The first-order chi connectivity index (χ1) is 11.6. The van der Waals surface area contributed by atoms with Gasteiger partial charge < -0.3 is 20.4 Å². The Labute approximate surface area is 139 Å². The largest absolute Gasteiger partial charge is 0.473 e. The summed E-state index contributed by atoms with van der Waals surface area (Å²) < 4.78 is 6.00. The lowest BCUT2D eigenvalue weighted by Gasteiger charge is -2.25. The summed E-state index contributed by atoms with van der Waals surface area (Å²) >= 11 is 0. The Bertz CT molecular complexity index is 918. The van der Waals surface area contributed by atoms with Crippen LogP contribution < -0.4 is 15.4 Å². The number of primary amides is 1. The molecule has 2 aromatic heterocycles. The lowest BCUT2D eigenvalue weighted by Crippen LogP contribution is -2.23. The van der Waals surface area contributed by atoms with Gasteiger partial charge in [-0.15, -0.1) is 0 Å². The van der Waals surface area contributed by atoms with Gasteiger partial charge in [-0.05, 0) is 31.2 Å². The average molecular weight is 322 g/mol. The zero-order chi connectivity index (χ0) is 16.7. The number of nitrogens with zero attached hydrogens (tertiary/aromatic N) is 2. The van der Waals surface area contributed by atoms with Crippen molar-refractivity contribution in [1.29, 1.82) is 0 Å². The molecule has 0 radical (unpaired) electrons. The molecule has 0 saturated heterocycles. The fourth-order valence-electron chi connectivity index (χ4n) is 3.08. The molecule has 1 aromatic carbocycles. The minimum absolute atomic E-state index is 0.0365. The van der Waals surface area contributed by atoms with Crippen LogP contribution >= 0.6 is 0 Å². The zero-order valence-electron chi connectivity index (χ0n) is 13.3. The van der Waals surface area contributed by atoms with E-state index in [0.29, 0.717) is 11.4 Å². The quantitative estimate of drug-likeness (QED) is 0.759. The van der Waals surface area contributed by atoms with Crippen LogP contribution in [0.2, 0.25) is 0 Å². The van der Waals surface area contributed by atoms with Gasteiger partial charge in [0.2, 0.25) is 5.88 Å². The highest BCUT2D eigenvalue weighted by Gasteiger charge is 2.25. The van der Waals surface area contributed by atoms with E-state index in [1.54, 1.807) is 6.07 Å². The number of carbonyl (C=O) groups is 1. The van der Waals surface area contributed by atoms with Crippen LogP contribution in [0, 0.1) is 0 Å². The molecule has 122 valence electrons. The fourth-order valence-corrected chi connectivity index (χ4v) is 3.08. The molecule has 6 heteroatoms. The number of pyridine rings is 1. The maximum atomic E-state index is 11.8. The Kier molecular flexibility index (Phi) is 3.37.